The van der Waals surface area contributed by atoms with E-state index < -0.39 is 0 Å². The molecule has 4 heteroatoms. The first-order valence-corrected chi connectivity index (χ1v) is 5.29. The summed E-state index contributed by atoms with van der Waals surface area (Å²) in [5.74, 6) is 0.448. The smallest absolute Gasteiger partial charge is 0.0657 e. The SMILES string of the molecule is COCC(C)CNc1ccc(N)cc1Cl. The van der Waals surface area contributed by atoms with Gasteiger partial charge in [0.1, 0.15) is 0 Å². The Hall–Kier alpha value is -0.930. The van der Waals surface area contributed by atoms with Crippen molar-refractivity contribution in [2.24, 2.45) is 5.92 Å². The standard InChI is InChI=1S/C11H17ClN2O/c1-8(7-15-2)6-14-11-4-3-9(13)5-10(11)12/h3-5,8,14H,6-7,13H2,1-2H3. The van der Waals surface area contributed by atoms with Crippen LogP contribution in [0.5, 0.6) is 0 Å². The molecule has 0 bridgehead atoms. The van der Waals surface area contributed by atoms with E-state index in [9.17, 15) is 0 Å². The fourth-order valence-corrected chi connectivity index (χ4v) is 1.56. The third kappa shape index (κ3) is 3.98. The maximum Gasteiger partial charge on any atom is 0.0657 e. The number of hydrogen-bond donors (Lipinski definition) is 2. The van der Waals surface area contributed by atoms with Gasteiger partial charge in [0.2, 0.25) is 0 Å². The fraction of sp³-hybridized carbons (Fsp3) is 0.455. The summed E-state index contributed by atoms with van der Waals surface area (Å²) in [6, 6.07) is 5.46. The molecule has 0 fully saturated rings. The molecule has 0 aromatic heterocycles. The number of methoxy groups -OCH3 is 1. The van der Waals surface area contributed by atoms with Crippen molar-refractivity contribution in [3.8, 4) is 0 Å². The van der Waals surface area contributed by atoms with Crippen molar-refractivity contribution in [1.29, 1.82) is 0 Å². The Bertz CT molecular complexity index is 317. The Labute approximate surface area is 95.6 Å². The van der Waals surface area contributed by atoms with E-state index in [0.717, 1.165) is 18.8 Å². The molecule has 1 aromatic rings. The van der Waals surface area contributed by atoms with E-state index in [4.69, 9.17) is 22.1 Å². The van der Waals surface area contributed by atoms with Crippen molar-refractivity contribution >= 4 is 23.0 Å². The molecule has 0 heterocycles. The zero-order valence-corrected chi connectivity index (χ0v) is 9.84. The van der Waals surface area contributed by atoms with Gasteiger partial charge in [0.15, 0.2) is 0 Å². The van der Waals surface area contributed by atoms with E-state index in [1.165, 1.54) is 0 Å². The van der Waals surface area contributed by atoms with Crippen LogP contribution in [-0.4, -0.2) is 20.3 Å². The molecular formula is C11H17ClN2O. The predicted octanol–water partition coefficient (Wildman–Crippen LogP) is 2.62. The summed E-state index contributed by atoms with van der Waals surface area (Å²) in [6.45, 7) is 3.68. The van der Waals surface area contributed by atoms with Gasteiger partial charge in [-0.1, -0.05) is 18.5 Å². The number of halogens is 1. The Morgan fingerprint density at radius 1 is 1.53 bits per heavy atom. The van der Waals surface area contributed by atoms with Crippen LogP contribution >= 0.6 is 11.6 Å². The number of anilines is 2. The summed E-state index contributed by atoms with van der Waals surface area (Å²) >= 11 is 6.02. The molecular weight excluding hydrogens is 212 g/mol. The minimum Gasteiger partial charge on any atom is -0.399 e. The van der Waals surface area contributed by atoms with E-state index in [2.05, 4.69) is 12.2 Å². The lowest BCUT2D eigenvalue weighted by Gasteiger charge is -2.13. The van der Waals surface area contributed by atoms with Crippen LogP contribution in [-0.2, 0) is 4.74 Å². The van der Waals surface area contributed by atoms with Gasteiger partial charge in [-0.05, 0) is 24.1 Å². The molecule has 0 saturated heterocycles. The van der Waals surface area contributed by atoms with Gasteiger partial charge in [-0.2, -0.15) is 0 Å². The van der Waals surface area contributed by atoms with E-state index >= 15 is 0 Å². The maximum absolute atomic E-state index is 6.02. The van der Waals surface area contributed by atoms with Crippen LogP contribution in [0.4, 0.5) is 11.4 Å². The van der Waals surface area contributed by atoms with Crippen LogP contribution in [0.2, 0.25) is 5.02 Å². The molecule has 15 heavy (non-hydrogen) atoms. The van der Waals surface area contributed by atoms with Gasteiger partial charge in [0.05, 0.1) is 17.3 Å². The lowest BCUT2D eigenvalue weighted by atomic mass is 10.2. The quantitative estimate of drug-likeness (QED) is 0.762. The lowest BCUT2D eigenvalue weighted by Crippen LogP contribution is -2.15. The number of rotatable bonds is 5. The van der Waals surface area contributed by atoms with Crippen molar-refractivity contribution in [2.45, 2.75) is 6.92 Å². The van der Waals surface area contributed by atoms with Gasteiger partial charge < -0.3 is 15.8 Å². The summed E-state index contributed by atoms with van der Waals surface area (Å²) in [5, 5.41) is 3.91. The van der Waals surface area contributed by atoms with Gasteiger partial charge in [-0.3, -0.25) is 0 Å². The zero-order chi connectivity index (χ0) is 11.3. The molecule has 0 saturated carbocycles. The second kappa shape index (κ2) is 5.83. The van der Waals surface area contributed by atoms with Crippen LogP contribution in [0, 0.1) is 5.92 Å². The van der Waals surface area contributed by atoms with E-state index in [0.29, 0.717) is 16.6 Å². The fourth-order valence-electron chi connectivity index (χ4n) is 1.30. The third-order valence-electron chi connectivity index (χ3n) is 2.09. The number of nitrogen functional groups attached to an aromatic ring is 1. The molecule has 0 amide bonds. The average Bonchev–Trinajstić information content (AvgIpc) is 2.17. The minimum atomic E-state index is 0.448. The van der Waals surface area contributed by atoms with Crippen LogP contribution < -0.4 is 11.1 Å². The van der Waals surface area contributed by atoms with Crippen molar-refractivity contribution in [2.75, 3.05) is 31.3 Å². The van der Waals surface area contributed by atoms with Crippen LogP contribution in [0.1, 0.15) is 6.92 Å². The van der Waals surface area contributed by atoms with Crippen LogP contribution in [0.25, 0.3) is 0 Å². The van der Waals surface area contributed by atoms with E-state index in [-0.39, 0.29) is 0 Å². The molecule has 0 spiro atoms. The van der Waals surface area contributed by atoms with Crippen molar-refractivity contribution < 1.29 is 4.74 Å². The molecule has 3 N–H and O–H groups in total. The molecule has 0 radical (unpaired) electrons. The first kappa shape index (κ1) is 12.1. The second-order valence-corrected chi connectivity index (χ2v) is 4.09. The largest absolute Gasteiger partial charge is 0.399 e. The first-order valence-electron chi connectivity index (χ1n) is 4.91. The summed E-state index contributed by atoms with van der Waals surface area (Å²) < 4.78 is 5.05. The maximum atomic E-state index is 6.02. The first-order chi connectivity index (χ1) is 7.13. The van der Waals surface area contributed by atoms with E-state index in [1.807, 2.05) is 12.1 Å². The lowest BCUT2D eigenvalue weighted by molar-refractivity contribution is 0.164. The molecule has 0 aliphatic carbocycles. The third-order valence-corrected chi connectivity index (χ3v) is 2.40. The predicted molar refractivity (Wildman–Crippen MR) is 65.4 cm³/mol. The molecule has 84 valence electrons. The number of nitrogens with two attached hydrogens (primary N) is 1. The Kier molecular flexibility index (Phi) is 4.72. The van der Waals surface area contributed by atoms with Crippen molar-refractivity contribution in [1.82, 2.24) is 0 Å². The number of benzene rings is 1. The molecule has 1 aromatic carbocycles. The zero-order valence-electron chi connectivity index (χ0n) is 9.09. The Morgan fingerprint density at radius 2 is 2.27 bits per heavy atom. The molecule has 3 nitrogen and oxygen atoms in total. The van der Waals surface area contributed by atoms with Gasteiger partial charge in [-0.25, -0.2) is 0 Å². The van der Waals surface area contributed by atoms with Crippen LogP contribution in [0.3, 0.4) is 0 Å². The van der Waals surface area contributed by atoms with Crippen LogP contribution in [0.15, 0.2) is 18.2 Å². The Morgan fingerprint density at radius 3 is 2.87 bits per heavy atom. The molecule has 1 rings (SSSR count). The molecule has 1 atom stereocenters. The summed E-state index contributed by atoms with van der Waals surface area (Å²) in [4.78, 5) is 0. The highest BCUT2D eigenvalue weighted by Gasteiger charge is 2.03. The molecule has 0 aliphatic heterocycles. The van der Waals surface area contributed by atoms with Gasteiger partial charge >= 0.3 is 0 Å². The number of nitrogens with one attached hydrogen (secondary N) is 1. The van der Waals surface area contributed by atoms with Gasteiger partial charge in [0.25, 0.3) is 0 Å². The van der Waals surface area contributed by atoms with E-state index in [1.54, 1.807) is 13.2 Å². The molecule has 0 aliphatic rings. The minimum absolute atomic E-state index is 0.448. The second-order valence-electron chi connectivity index (χ2n) is 3.68. The monoisotopic (exact) mass is 228 g/mol. The highest BCUT2D eigenvalue weighted by atomic mass is 35.5. The van der Waals surface area contributed by atoms with Gasteiger partial charge in [-0.15, -0.1) is 0 Å². The summed E-state index contributed by atoms with van der Waals surface area (Å²) in [7, 11) is 1.70. The number of ether oxygens (including phenoxy) is 1. The highest BCUT2D eigenvalue weighted by Crippen LogP contribution is 2.24. The van der Waals surface area contributed by atoms with Crippen molar-refractivity contribution in [3.05, 3.63) is 23.2 Å². The summed E-state index contributed by atoms with van der Waals surface area (Å²) in [6.07, 6.45) is 0. The Balaban J connectivity index is 2.50. The van der Waals surface area contributed by atoms with Crippen molar-refractivity contribution in [3.63, 3.8) is 0 Å². The highest BCUT2D eigenvalue weighted by molar-refractivity contribution is 6.33. The normalized spacial score (nSPS) is 12.5. The topological polar surface area (TPSA) is 47.3 Å². The van der Waals surface area contributed by atoms with Gasteiger partial charge in [0, 0.05) is 19.3 Å². The average molecular weight is 229 g/mol. The summed E-state index contributed by atoms with van der Waals surface area (Å²) in [5.41, 5.74) is 7.19. The molecule has 1 unspecified atom stereocenters. The number of hydrogen-bond acceptors (Lipinski definition) is 3.